The average Bonchev–Trinajstić information content (AvgIpc) is 2.58. The van der Waals surface area contributed by atoms with Gasteiger partial charge in [-0.15, -0.1) is 0 Å². The molecule has 1 N–H and O–H groups in total. The number of methoxy groups -OCH3 is 1. The van der Waals surface area contributed by atoms with Crippen LogP contribution >= 0.6 is 0 Å². The van der Waals surface area contributed by atoms with Crippen molar-refractivity contribution in [3.05, 3.63) is 62.5 Å². The van der Waals surface area contributed by atoms with E-state index in [4.69, 9.17) is 4.74 Å². The Morgan fingerprint density at radius 2 is 1.76 bits per heavy atom. The standard InChI is InChI=1S/C17H18N2O6/c1-9-13(16(20)21)15(11-7-5-6-8-12(11)19(23)24)14(17(22)25-4)10(2)18(9)3/h5-8,15H,1-4H3,(H,20,21). The minimum absolute atomic E-state index is 0.0716. The van der Waals surface area contributed by atoms with Crippen LogP contribution in [0.2, 0.25) is 0 Å². The summed E-state index contributed by atoms with van der Waals surface area (Å²) in [5, 5.41) is 21.1. The molecule has 0 fully saturated rings. The van der Waals surface area contributed by atoms with Gasteiger partial charge in [-0.1, -0.05) is 18.2 Å². The highest BCUT2D eigenvalue weighted by Crippen LogP contribution is 2.44. The van der Waals surface area contributed by atoms with Crippen molar-refractivity contribution in [2.45, 2.75) is 19.8 Å². The highest BCUT2D eigenvalue weighted by Gasteiger charge is 2.41. The number of nitro benzene ring substituents is 1. The number of aliphatic carboxylic acids is 1. The number of nitrogens with zero attached hydrogens (tertiary/aromatic N) is 2. The van der Waals surface area contributed by atoms with Crippen LogP contribution in [0.15, 0.2) is 46.8 Å². The van der Waals surface area contributed by atoms with Gasteiger partial charge >= 0.3 is 11.9 Å². The topological polar surface area (TPSA) is 110 Å². The maximum atomic E-state index is 12.4. The van der Waals surface area contributed by atoms with Gasteiger partial charge in [-0.2, -0.15) is 0 Å². The Balaban J connectivity index is 2.87. The lowest BCUT2D eigenvalue weighted by molar-refractivity contribution is -0.385. The van der Waals surface area contributed by atoms with Gasteiger partial charge in [0.1, 0.15) is 0 Å². The first-order chi connectivity index (χ1) is 11.7. The third-order valence-corrected chi connectivity index (χ3v) is 4.44. The molecule has 132 valence electrons. The predicted molar refractivity (Wildman–Crippen MR) is 88.7 cm³/mol. The van der Waals surface area contributed by atoms with Crippen molar-refractivity contribution in [3.63, 3.8) is 0 Å². The second kappa shape index (κ2) is 6.76. The number of esters is 1. The Morgan fingerprint density at radius 3 is 2.28 bits per heavy atom. The first kappa shape index (κ1) is 18.2. The van der Waals surface area contributed by atoms with Crippen molar-refractivity contribution in [1.82, 2.24) is 4.90 Å². The number of carbonyl (C=O) groups excluding carboxylic acids is 1. The van der Waals surface area contributed by atoms with Gasteiger partial charge in [0.05, 0.1) is 29.1 Å². The first-order valence-corrected chi connectivity index (χ1v) is 7.42. The largest absolute Gasteiger partial charge is 0.478 e. The number of rotatable bonds is 4. The molecule has 0 amide bonds. The molecule has 25 heavy (non-hydrogen) atoms. The van der Waals surface area contributed by atoms with E-state index in [9.17, 15) is 24.8 Å². The second-order valence-electron chi connectivity index (χ2n) is 5.60. The molecule has 2 rings (SSSR count). The molecule has 1 aromatic rings. The smallest absolute Gasteiger partial charge is 0.336 e. The first-order valence-electron chi connectivity index (χ1n) is 7.42. The van der Waals surface area contributed by atoms with Gasteiger partial charge in [0, 0.05) is 30.1 Å². The van der Waals surface area contributed by atoms with E-state index in [0.717, 1.165) is 0 Å². The van der Waals surface area contributed by atoms with E-state index in [1.165, 1.54) is 25.3 Å². The number of hydrogen-bond acceptors (Lipinski definition) is 6. The zero-order valence-electron chi connectivity index (χ0n) is 14.3. The maximum Gasteiger partial charge on any atom is 0.336 e. The lowest BCUT2D eigenvalue weighted by Crippen LogP contribution is -2.33. The molecule has 1 heterocycles. The fourth-order valence-corrected chi connectivity index (χ4v) is 3.04. The molecule has 1 aromatic carbocycles. The minimum atomic E-state index is -1.25. The molecular formula is C17H18N2O6. The van der Waals surface area contributed by atoms with Crippen molar-refractivity contribution in [2.75, 3.05) is 14.2 Å². The average molecular weight is 346 g/mol. The Morgan fingerprint density at radius 1 is 1.20 bits per heavy atom. The lowest BCUT2D eigenvalue weighted by atomic mass is 9.79. The summed E-state index contributed by atoms with van der Waals surface area (Å²) in [6.45, 7) is 3.25. The minimum Gasteiger partial charge on any atom is -0.478 e. The van der Waals surface area contributed by atoms with Crippen molar-refractivity contribution in [1.29, 1.82) is 0 Å². The van der Waals surface area contributed by atoms with E-state index in [1.54, 1.807) is 31.9 Å². The zero-order chi connectivity index (χ0) is 18.9. The van der Waals surface area contributed by atoms with Gasteiger partial charge in [-0.25, -0.2) is 9.59 Å². The highest BCUT2D eigenvalue weighted by molar-refractivity contribution is 5.99. The summed E-state index contributed by atoms with van der Waals surface area (Å²) >= 11 is 0. The van der Waals surface area contributed by atoms with E-state index < -0.39 is 22.8 Å². The number of nitro groups is 1. The third-order valence-electron chi connectivity index (χ3n) is 4.44. The zero-order valence-corrected chi connectivity index (χ0v) is 14.3. The molecule has 8 nitrogen and oxygen atoms in total. The number of allylic oxidation sites excluding steroid dienone is 2. The molecule has 1 aliphatic rings. The van der Waals surface area contributed by atoms with Gasteiger partial charge in [0.25, 0.3) is 5.69 Å². The van der Waals surface area contributed by atoms with Crippen LogP contribution in [-0.4, -0.2) is 41.0 Å². The van der Waals surface area contributed by atoms with Crippen LogP contribution in [0.4, 0.5) is 5.69 Å². The van der Waals surface area contributed by atoms with Crippen LogP contribution in [0.1, 0.15) is 25.3 Å². The summed E-state index contributed by atoms with van der Waals surface area (Å²) in [7, 11) is 2.82. The van der Waals surface area contributed by atoms with Crippen molar-refractivity contribution >= 4 is 17.6 Å². The molecule has 8 heteroatoms. The number of ether oxygens (including phenoxy) is 1. The maximum absolute atomic E-state index is 12.4. The fraction of sp³-hybridized carbons (Fsp3) is 0.294. The van der Waals surface area contributed by atoms with Crippen LogP contribution in [0, 0.1) is 10.1 Å². The quantitative estimate of drug-likeness (QED) is 0.506. The molecular weight excluding hydrogens is 328 g/mol. The lowest BCUT2D eigenvalue weighted by Gasteiger charge is -2.34. The van der Waals surface area contributed by atoms with Crippen molar-refractivity contribution in [3.8, 4) is 0 Å². The molecule has 0 aliphatic carbocycles. The van der Waals surface area contributed by atoms with Crippen LogP contribution in [-0.2, 0) is 14.3 Å². The summed E-state index contributed by atoms with van der Waals surface area (Å²) in [5.41, 5.74) is 0.748. The van der Waals surface area contributed by atoms with Crippen LogP contribution in [0.25, 0.3) is 0 Å². The third kappa shape index (κ3) is 2.98. The van der Waals surface area contributed by atoms with Gasteiger partial charge < -0.3 is 14.7 Å². The predicted octanol–water partition coefficient (Wildman–Crippen LogP) is 2.43. The molecule has 0 saturated carbocycles. The number of benzene rings is 1. The monoisotopic (exact) mass is 346 g/mol. The molecule has 1 aliphatic heterocycles. The van der Waals surface area contributed by atoms with E-state index >= 15 is 0 Å². The van der Waals surface area contributed by atoms with E-state index in [-0.39, 0.29) is 22.4 Å². The Labute approximate surface area is 144 Å². The number of carboxylic acids is 1. The van der Waals surface area contributed by atoms with Crippen molar-refractivity contribution in [2.24, 2.45) is 0 Å². The molecule has 0 bridgehead atoms. The van der Waals surface area contributed by atoms with Gasteiger partial charge in [-0.3, -0.25) is 10.1 Å². The van der Waals surface area contributed by atoms with E-state index in [2.05, 4.69) is 0 Å². The Hall–Kier alpha value is -3.16. The SMILES string of the molecule is COC(=O)C1=C(C)N(C)C(C)=C(C(=O)O)C1c1ccccc1[N+](=O)[O-]. The number of carbonyl (C=O) groups is 2. The Bertz CT molecular complexity index is 824. The highest BCUT2D eigenvalue weighted by atomic mass is 16.6. The van der Waals surface area contributed by atoms with Crippen LogP contribution < -0.4 is 0 Å². The summed E-state index contributed by atoms with van der Waals surface area (Å²) < 4.78 is 4.81. The summed E-state index contributed by atoms with van der Waals surface area (Å²) in [6.07, 6.45) is 0. The summed E-state index contributed by atoms with van der Waals surface area (Å²) in [6, 6.07) is 5.80. The summed E-state index contributed by atoms with van der Waals surface area (Å²) in [4.78, 5) is 36.7. The Kier molecular flexibility index (Phi) is 4.92. The summed E-state index contributed by atoms with van der Waals surface area (Å²) in [5.74, 6) is -3.07. The van der Waals surface area contributed by atoms with Gasteiger partial charge in [0.2, 0.25) is 0 Å². The van der Waals surface area contributed by atoms with Crippen LogP contribution in [0.3, 0.4) is 0 Å². The molecule has 0 aromatic heterocycles. The molecule has 1 atom stereocenters. The van der Waals surface area contributed by atoms with Crippen LogP contribution in [0.5, 0.6) is 0 Å². The van der Waals surface area contributed by atoms with E-state index in [1.807, 2.05) is 0 Å². The molecule has 0 saturated heterocycles. The second-order valence-corrected chi connectivity index (χ2v) is 5.60. The van der Waals surface area contributed by atoms with E-state index in [0.29, 0.717) is 11.4 Å². The van der Waals surface area contributed by atoms with Gasteiger partial charge in [-0.05, 0) is 13.8 Å². The van der Waals surface area contributed by atoms with Gasteiger partial charge in [0.15, 0.2) is 0 Å². The number of carboxylic acid groups (broad SMARTS) is 1. The van der Waals surface area contributed by atoms with Crippen molar-refractivity contribution < 1.29 is 24.4 Å². The molecule has 0 spiro atoms. The number of para-hydroxylation sites is 1. The fourth-order valence-electron chi connectivity index (χ4n) is 3.04. The molecule has 0 radical (unpaired) electrons. The normalized spacial score (nSPS) is 17.6. The number of hydrogen-bond donors (Lipinski definition) is 1. The molecule has 1 unspecified atom stereocenters.